The summed E-state index contributed by atoms with van der Waals surface area (Å²) in [6.45, 7) is 5.16. The summed E-state index contributed by atoms with van der Waals surface area (Å²) in [6, 6.07) is 8.36. The van der Waals surface area contributed by atoms with Crippen molar-refractivity contribution >= 4 is 11.9 Å². The highest BCUT2D eigenvalue weighted by Gasteiger charge is 2.28. The molecule has 1 fully saturated rings. The van der Waals surface area contributed by atoms with Crippen LogP contribution >= 0.6 is 0 Å². The molecule has 150 valence electrons. The zero-order valence-corrected chi connectivity index (χ0v) is 16.5. The zero-order chi connectivity index (χ0) is 19.8. The Morgan fingerprint density at radius 3 is 3.00 bits per heavy atom. The monoisotopic (exact) mass is 384 g/mol. The number of guanidine groups is 1. The summed E-state index contributed by atoms with van der Waals surface area (Å²) < 4.78 is 6.99. The van der Waals surface area contributed by atoms with Crippen LogP contribution in [0.15, 0.2) is 41.9 Å². The fraction of sp³-hybridized carbons (Fsp3) is 0.500. The minimum atomic E-state index is -0.108. The number of ether oxygens (including phenoxy) is 1. The van der Waals surface area contributed by atoms with Crippen molar-refractivity contribution < 1.29 is 9.53 Å². The summed E-state index contributed by atoms with van der Waals surface area (Å²) >= 11 is 0. The van der Waals surface area contributed by atoms with Crippen LogP contribution < -0.4 is 5.32 Å². The summed E-state index contributed by atoms with van der Waals surface area (Å²) in [5.74, 6) is 0.623. The van der Waals surface area contributed by atoms with Crippen LogP contribution in [0.25, 0.3) is 0 Å². The number of hydrogen-bond donors (Lipinski definition) is 1. The Kier molecular flexibility index (Phi) is 7.00. The summed E-state index contributed by atoms with van der Waals surface area (Å²) in [5.41, 5.74) is 2.33. The number of rotatable bonds is 6. The van der Waals surface area contributed by atoms with Crippen LogP contribution in [0.4, 0.5) is 0 Å². The predicted octanol–water partition coefficient (Wildman–Crippen LogP) is 1.68. The predicted molar refractivity (Wildman–Crippen MR) is 107 cm³/mol. The van der Waals surface area contributed by atoms with Gasteiger partial charge in [-0.3, -0.25) is 9.79 Å². The molecule has 1 saturated heterocycles. The van der Waals surface area contributed by atoms with Crippen LogP contribution in [0.3, 0.4) is 0 Å². The van der Waals surface area contributed by atoms with Crippen LogP contribution in [-0.2, 0) is 22.6 Å². The molecule has 0 saturated carbocycles. The van der Waals surface area contributed by atoms with Crippen molar-refractivity contribution in [2.24, 2.45) is 10.9 Å². The third kappa shape index (κ3) is 5.31. The van der Waals surface area contributed by atoms with E-state index in [2.05, 4.69) is 43.5 Å². The smallest absolute Gasteiger partial charge is 0.310 e. The molecule has 1 N–H and O–H groups in total. The number of likely N-dealkylation sites (tertiary alicyclic amines) is 1. The number of esters is 1. The van der Waals surface area contributed by atoms with E-state index in [0.717, 1.165) is 30.9 Å². The van der Waals surface area contributed by atoms with Crippen LogP contribution in [0.2, 0.25) is 0 Å². The van der Waals surface area contributed by atoms with Gasteiger partial charge in [0.15, 0.2) is 5.96 Å². The Morgan fingerprint density at radius 2 is 2.25 bits per heavy atom. The molecule has 1 aliphatic rings. The lowest BCUT2D eigenvalue weighted by Gasteiger charge is -2.34. The van der Waals surface area contributed by atoms with Crippen molar-refractivity contribution in [2.45, 2.75) is 32.9 Å². The Morgan fingerprint density at radius 1 is 1.39 bits per heavy atom. The molecule has 0 aliphatic carbocycles. The molecule has 1 aromatic heterocycles. The largest absolute Gasteiger partial charge is 0.466 e. The highest BCUT2D eigenvalue weighted by Crippen LogP contribution is 2.18. The lowest BCUT2D eigenvalue weighted by atomic mass is 9.98. The molecule has 28 heavy (non-hydrogen) atoms. The Balaban J connectivity index is 1.57. The molecule has 0 amide bonds. The van der Waals surface area contributed by atoms with Gasteiger partial charge in [0.2, 0.25) is 0 Å². The number of hydrogen-bond acceptors (Lipinski definition) is 5. The fourth-order valence-corrected chi connectivity index (χ4v) is 3.47. The van der Waals surface area contributed by atoms with E-state index in [1.165, 1.54) is 11.9 Å². The highest BCUT2D eigenvalue weighted by atomic mass is 16.5. The quantitative estimate of drug-likeness (QED) is 0.463. The molecule has 1 aliphatic heterocycles. The van der Waals surface area contributed by atoms with Gasteiger partial charge in [-0.1, -0.05) is 24.3 Å². The summed E-state index contributed by atoms with van der Waals surface area (Å²) in [7, 11) is 1.78. The first-order chi connectivity index (χ1) is 13.7. The number of aliphatic imine (C=N–C) groups is 1. The average molecular weight is 384 g/mol. The van der Waals surface area contributed by atoms with Crippen molar-refractivity contribution in [2.75, 3.05) is 26.7 Å². The third-order valence-electron chi connectivity index (χ3n) is 4.81. The first kappa shape index (κ1) is 19.9. The molecule has 0 unspecified atom stereocenters. The summed E-state index contributed by atoms with van der Waals surface area (Å²) in [5, 5.41) is 7.57. The van der Waals surface area contributed by atoms with E-state index in [1.54, 1.807) is 18.1 Å². The van der Waals surface area contributed by atoms with E-state index in [0.29, 0.717) is 26.2 Å². The van der Waals surface area contributed by atoms with Crippen molar-refractivity contribution in [3.8, 4) is 0 Å². The second kappa shape index (κ2) is 9.87. The number of carbonyl (C=O) groups excluding carboxylic acids is 1. The first-order valence-corrected chi connectivity index (χ1v) is 9.72. The maximum atomic E-state index is 12.1. The molecule has 0 bridgehead atoms. The topological polar surface area (TPSA) is 84.6 Å². The number of benzene rings is 1. The van der Waals surface area contributed by atoms with Gasteiger partial charge in [-0.2, -0.15) is 5.10 Å². The van der Waals surface area contributed by atoms with E-state index in [-0.39, 0.29) is 11.9 Å². The van der Waals surface area contributed by atoms with Gasteiger partial charge in [-0.05, 0) is 30.9 Å². The van der Waals surface area contributed by atoms with Gasteiger partial charge in [0.25, 0.3) is 0 Å². The summed E-state index contributed by atoms with van der Waals surface area (Å²) in [4.78, 5) is 22.6. The number of carbonyl (C=O) groups is 1. The molecule has 3 rings (SSSR count). The molecule has 2 aromatic rings. The van der Waals surface area contributed by atoms with Crippen LogP contribution in [0.5, 0.6) is 0 Å². The SMILES string of the molecule is CCOC(=O)[C@H]1CCCN(C(=NC)NCc2cccc(Cn3cncn3)c2)C1. The Bertz CT molecular complexity index is 790. The van der Waals surface area contributed by atoms with Gasteiger partial charge in [-0.25, -0.2) is 9.67 Å². The second-order valence-corrected chi connectivity index (χ2v) is 6.85. The van der Waals surface area contributed by atoms with Gasteiger partial charge >= 0.3 is 5.97 Å². The normalized spacial score (nSPS) is 17.4. The van der Waals surface area contributed by atoms with E-state index >= 15 is 0 Å². The van der Waals surface area contributed by atoms with E-state index in [1.807, 2.05) is 13.0 Å². The van der Waals surface area contributed by atoms with Gasteiger partial charge in [-0.15, -0.1) is 0 Å². The molecular formula is C20H28N6O2. The number of nitrogens with one attached hydrogen (secondary N) is 1. The standard InChI is InChI=1S/C20H28N6O2/c1-3-28-19(27)18-8-5-9-25(13-18)20(21-2)23-11-16-6-4-7-17(10-16)12-26-15-22-14-24-26/h4,6-7,10,14-15,18H,3,5,8-9,11-13H2,1-2H3,(H,21,23)/t18-/m0/s1. The maximum absolute atomic E-state index is 12.1. The van der Waals surface area contributed by atoms with E-state index in [4.69, 9.17) is 4.74 Å². The molecule has 0 spiro atoms. The van der Waals surface area contributed by atoms with Crippen LogP contribution in [0, 0.1) is 5.92 Å². The minimum Gasteiger partial charge on any atom is -0.466 e. The molecule has 8 nitrogen and oxygen atoms in total. The van der Waals surface area contributed by atoms with Gasteiger partial charge in [0.05, 0.1) is 19.1 Å². The lowest BCUT2D eigenvalue weighted by molar-refractivity contribution is -0.149. The first-order valence-electron chi connectivity index (χ1n) is 9.72. The molecule has 2 heterocycles. The lowest BCUT2D eigenvalue weighted by Crippen LogP contribution is -2.48. The van der Waals surface area contributed by atoms with Crippen molar-refractivity contribution in [1.29, 1.82) is 0 Å². The molecular weight excluding hydrogens is 356 g/mol. The molecule has 0 radical (unpaired) electrons. The maximum Gasteiger partial charge on any atom is 0.310 e. The number of aromatic nitrogens is 3. The number of piperidine rings is 1. The zero-order valence-electron chi connectivity index (χ0n) is 16.5. The van der Waals surface area contributed by atoms with E-state index in [9.17, 15) is 4.79 Å². The van der Waals surface area contributed by atoms with Gasteiger partial charge in [0.1, 0.15) is 12.7 Å². The Hall–Kier alpha value is -2.90. The highest BCUT2D eigenvalue weighted by molar-refractivity contribution is 5.81. The second-order valence-electron chi connectivity index (χ2n) is 6.85. The van der Waals surface area contributed by atoms with Crippen molar-refractivity contribution in [1.82, 2.24) is 25.0 Å². The van der Waals surface area contributed by atoms with Gasteiger partial charge in [0, 0.05) is 26.7 Å². The molecule has 8 heteroatoms. The van der Waals surface area contributed by atoms with Crippen molar-refractivity contribution in [3.05, 3.63) is 48.0 Å². The molecule has 1 aromatic carbocycles. The minimum absolute atomic E-state index is 0.0849. The van der Waals surface area contributed by atoms with Crippen LogP contribution in [-0.4, -0.2) is 58.3 Å². The fourth-order valence-electron chi connectivity index (χ4n) is 3.47. The summed E-state index contributed by atoms with van der Waals surface area (Å²) in [6.07, 6.45) is 5.08. The Labute approximate surface area is 165 Å². The van der Waals surface area contributed by atoms with Crippen molar-refractivity contribution in [3.63, 3.8) is 0 Å². The molecule has 1 atom stereocenters. The van der Waals surface area contributed by atoms with Gasteiger partial charge < -0.3 is 15.0 Å². The number of nitrogens with zero attached hydrogens (tertiary/aromatic N) is 5. The average Bonchev–Trinajstić information content (AvgIpc) is 3.22. The van der Waals surface area contributed by atoms with E-state index < -0.39 is 0 Å². The van der Waals surface area contributed by atoms with Crippen LogP contribution in [0.1, 0.15) is 30.9 Å². The third-order valence-corrected chi connectivity index (χ3v) is 4.81.